The molecule has 0 N–H and O–H groups in total. The number of likely N-dealkylation sites (tertiary alicyclic amines) is 1. The van der Waals surface area contributed by atoms with Crippen LogP contribution in [0.1, 0.15) is 29.6 Å². The first-order chi connectivity index (χ1) is 9.19. The van der Waals surface area contributed by atoms with Gasteiger partial charge in [0.1, 0.15) is 17.1 Å². The molecule has 0 saturated carbocycles. The van der Waals surface area contributed by atoms with Crippen LogP contribution in [0.2, 0.25) is 0 Å². The third-order valence-electron chi connectivity index (χ3n) is 3.35. The fraction of sp³-hybridized carbons (Fsp3) is 0.500. The van der Waals surface area contributed by atoms with Gasteiger partial charge in [-0.25, -0.2) is 0 Å². The van der Waals surface area contributed by atoms with E-state index in [0.717, 1.165) is 30.4 Å². The van der Waals surface area contributed by atoms with E-state index in [0.29, 0.717) is 17.1 Å². The Balaban J connectivity index is 2.40. The molecule has 0 unspecified atom stereocenters. The van der Waals surface area contributed by atoms with E-state index >= 15 is 0 Å². The monoisotopic (exact) mass is 327 g/mol. The lowest BCUT2D eigenvalue weighted by Gasteiger charge is -2.28. The largest absolute Gasteiger partial charge is 0.496 e. The molecule has 1 saturated heterocycles. The Bertz CT molecular complexity index is 470. The summed E-state index contributed by atoms with van der Waals surface area (Å²) in [4.78, 5) is 14.5. The summed E-state index contributed by atoms with van der Waals surface area (Å²) in [6.45, 7) is 1.61. The standard InChI is InChI=1S/C14H18BrNO3/c1-18-11-7-6-10(15)13(19-2)12(11)14(17)16-8-4-3-5-9-16/h6-7H,3-5,8-9H2,1-2H3. The van der Waals surface area contributed by atoms with Crippen molar-refractivity contribution in [2.45, 2.75) is 19.3 Å². The van der Waals surface area contributed by atoms with E-state index in [1.807, 2.05) is 11.0 Å². The molecule has 2 rings (SSSR count). The number of piperidine rings is 1. The molecule has 19 heavy (non-hydrogen) atoms. The molecule has 1 aliphatic rings. The van der Waals surface area contributed by atoms with Gasteiger partial charge in [-0.1, -0.05) is 0 Å². The normalized spacial score (nSPS) is 15.2. The molecular weight excluding hydrogens is 310 g/mol. The maximum atomic E-state index is 12.7. The summed E-state index contributed by atoms with van der Waals surface area (Å²) in [5, 5.41) is 0. The molecule has 4 nitrogen and oxygen atoms in total. The summed E-state index contributed by atoms with van der Waals surface area (Å²) in [7, 11) is 3.13. The lowest BCUT2D eigenvalue weighted by molar-refractivity contribution is 0.0717. The maximum absolute atomic E-state index is 12.7. The van der Waals surface area contributed by atoms with Crippen LogP contribution in [0.25, 0.3) is 0 Å². The summed E-state index contributed by atoms with van der Waals surface area (Å²) in [5.41, 5.74) is 0.501. The molecule has 1 aromatic carbocycles. The maximum Gasteiger partial charge on any atom is 0.261 e. The molecule has 0 radical (unpaired) electrons. The van der Waals surface area contributed by atoms with Gasteiger partial charge in [-0.05, 0) is 47.3 Å². The van der Waals surface area contributed by atoms with Crippen molar-refractivity contribution in [2.24, 2.45) is 0 Å². The third-order valence-corrected chi connectivity index (χ3v) is 3.98. The lowest BCUT2D eigenvalue weighted by Crippen LogP contribution is -2.36. The van der Waals surface area contributed by atoms with Crippen molar-refractivity contribution in [3.63, 3.8) is 0 Å². The van der Waals surface area contributed by atoms with Crippen molar-refractivity contribution in [3.8, 4) is 11.5 Å². The molecular formula is C14H18BrNO3. The number of methoxy groups -OCH3 is 2. The summed E-state index contributed by atoms with van der Waals surface area (Å²) >= 11 is 3.41. The van der Waals surface area contributed by atoms with Gasteiger partial charge in [0.2, 0.25) is 0 Å². The van der Waals surface area contributed by atoms with E-state index in [1.165, 1.54) is 6.42 Å². The van der Waals surface area contributed by atoms with Crippen LogP contribution in [0, 0.1) is 0 Å². The van der Waals surface area contributed by atoms with Crippen LogP contribution in [0.3, 0.4) is 0 Å². The first-order valence-corrected chi connectivity index (χ1v) is 7.18. The fourth-order valence-corrected chi connectivity index (χ4v) is 2.86. The molecule has 1 aromatic rings. The van der Waals surface area contributed by atoms with Crippen molar-refractivity contribution in [3.05, 3.63) is 22.2 Å². The molecule has 0 aromatic heterocycles. The number of halogens is 1. The van der Waals surface area contributed by atoms with Crippen molar-refractivity contribution in [1.29, 1.82) is 0 Å². The average Bonchev–Trinajstić information content (AvgIpc) is 2.47. The summed E-state index contributed by atoms with van der Waals surface area (Å²) in [6, 6.07) is 3.61. The Morgan fingerprint density at radius 1 is 1.16 bits per heavy atom. The minimum Gasteiger partial charge on any atom is -0.496 e. The molecule has 1 aliphatic heterocycles. The zero-order chi connectivity index (χ0) is 13.8. The highest BCUT2D eigenvalue weighted by atomic mass is 79.9. The molecule has 0 spiro atoms. The highest BCUT2D eigenvalue weighted by Gasteiger charge is 2.26. The molecule has 0 aliphatic carbocycles. The van der Waals surface area contributed by atoms with Crippen molar-refractivity contribution in [2.75, 3.05) is 27.3 Å². The fourth-order valence-electron chi connectivity index (χ4n) is 2.37. The Hall–Kier alpha value is -1.23. The van der Waals surface area contributed by atoms with Gasteiger partial charge in [0.15, 0.2) is 0 Å². The molecule has 0 atom stereocenters. The van der Waals surface area contributed by atoms with Crippen LogP contribution in [-0.2, 0) is 0 Å². The lowest BCUT2D eigenvalue weighted by atomic mass is 10.1. The first-order valence-electron chi connectivity index (χ1n) is 6.38. The summed E-state index contributed by atoms with van der Waals surface area (Å²) in [5.74, 6) is 1.07. The smallest absolute Gasteiger partial charge is 0.261 e. The number of rotatable bonds is 3. The number of carbonyl (C=O) groups is 1. The van der Waals surface area contributed by atoms with Crippen LogP contribution in [0.15, 0.2) is 16.6 Å². The summed E-state index contributed by atoms with van der Waals surface area (Å²) in [6.07, 6.45) is 3.31. The van der Waals surface area contributed by atoms with Gasteiger partial charge in [-0.3, -0.25) is 4.79 Å². The van der Waals surface area contributed by atoms with Gasteiger partial charge in [-0.15, -0.1) is 0 Å². The van der Waals surface area contributed by atoms with E-state index in [4.69, 9.17) is 9.47 Å². The number of benzene rings is 1. The number of hydrogen-bond donors (Lipinski definition) is 0. The number of carbonyl (C=O) groups excluding carboxylic acids is 1. The van der Waals surface area contributed by atoms with Crippen LogP contribution in [0.4, 0.5) is 0 Å². The SMILES string of the molecule is COc1ccc(Br)c(OC)c1C(=O)N1CCCCC1. The van der Waals surface area contributed by atoms with E-state index < -0.39 is 0 Å². The Morgan fingerprint density at radius 2 is 1.84 bits per heavy atom. The van der Waals surface area contributed by atoms with Crippen molar-refractivity contribution < 1.29 is 14.3 Å². The summed E-state index contributed by atoms with van der Waals surface area (Å²) < 4.78 is 11.4. The Labute approximate surface area is 121 Å². The molecule has 1 fully saturated rings. The molecule has 5 heteroatoms. The highest BCUT2D eigenvalue weighted by Crippen LogP contribution is 2.36. The van der Waals surface area contributed by atoms with Crippen LogP contribution >= 0.6 is 15.9 Å². The number of amides is 1. The van der Waals surface area contributed by atoms with Crippen LogP contribution in [0.5, 0.6) is 11.5 Å². The predicted octanol–water partition coefficient (Wildman–Crippen LogP) is 3.09. The van der Waals surface area contributed by atoms with Crippen molar-refractivity contribution in [1.82, 2.24) is 4.90 Å². The van der Waals surface area contributed by atoms with Gasteiger partial charge in [0, 0.05) is 13.1 Å². The molecule has 1 amide bonds. The minimum absolute atomic E-state index is 0.0188. The third kappa shape index (κ3) is 2.86. The highest BCUT2D eigenvalue weighted by molar-refractivity contribution is 9.10. The number of ether oxygens (including phenoxy) is 2. The second kappa shape index (κ2) is 6.28. The molecule has 0 bridgehead atoms. The number of hydrogen-bond acceptors (Lipinski definition) is 3. The Morgan fingerprint density at radius 3 is 2.42 bits per heavy atom. The first kappa shape index (κ1) is 14.2. The van der Waals surface area contributed by atoms with Gasteiger partial charge in [0.25, 0.3) is 5.91 Å². The van der Waals surface area contributed by atoms with Crippen LogP contribution in [-0.4, -0.2) is 38.1 Å². The Kier molecular flexibility index (Phi) is 4.69. The molecule has 104 valence electrons. The predicted molar refractivity (Wildman–Crippen MR) is 77.0 cm³/mol. The van der Waals surface area contributed by atoms with Gasteiger partial charge in [-0.2, -0.15) is 0 Å². The van der Waals surface area contributed by atoms with E-state index in [-0.39, 0.29) is 5.91 Å². The van der Waals surface area contributed by atoms with Crippen molar-refractivity contribution >= 4 is 21.8 Å². The van der Waals surface area contributed by atoms with Gasteiger partial charge in [0.05, 0.1) is 18.7 Å². The minimum atomic E-state index is -0.0188. The van der Waals surface area contributed by atoms with Gasteiger partial charge < -0.3 is 14.4 Å². The van der Waals surface area contributed by atoms with Gasteiger partial charge >= 0.3 is 0 Å². The topological polar surface area (TPSA) is 38.8 Å². The van der Waals surface area contributed by atoms with Crippen LogP contribution < -0.4 is 9.47 Å². The zero-order valence-electron chi connectivity index (χ0n) is 11.2. The van der Waals surface area contributed by atoms with E-state index in [2.05, 4.69) is 15.9 Å². The second-order valence-corrected chi connectivity index (χ2v) is 5.37. The second-order valence-electron chi connectivity index (χ2n) is 4.51. The molecule has 1 heterocycles. The zero-order valence-corrected chi connectivity index (χ0v) is 12.8. The van der Waals surface area contributed by atoms with E-state index in [1.54, 1.807) is 20.3 Å². The quantitative estimate of drug-likeness (QED) is 0.856. The van der Waals surface area contributed by atoms with E-state index in [9.17, 15) is 4.79 Å². The average molecular weight is 328 g/mol. The number of nitrogens with zero attached hydrogens (tertiary/aromatic N) is 1.